The minimum Gasteiger partial charge on any atom is -0.496 e. The number of benzene rings is 2. The number of aliphatic imine (C=N–C) groups is 1. The normalized spacial score (nSPS) is 19.7. The molecule has 0 radical (unpaired) electrons. The van der Waals surface area contributed by atoms with Crippen LogP contribution < -0.4 is 15.4 Å². The molecule has 2 aromatic rings. The van der Waals surface area contributed by atoms with E-state index in [1.165, 1.54) is 6.92 Å². The number of nitrogens with zero attached hydrogens (tertiary/aromatic N) is 2. The van der Waals surface area contributed by atoms with E-state index in [-0.39, 0.29) is 30.3 Å². The number of rotatable bonds is 4. The summed E-state index contributed by atoms with van der Waals surface area (Å²) in [7, 11) is 1.59. The van der Waals surface area contributed by atoms with E-state index >= 15 is 0 Å². The predicted molar refractivity (Wildman–Crippen MR) is 123 cm³/mol. The number of amides is 4. The molecule has 0 bridgehead atoms. The topological polar surface area (TPSA) is 100 Å². The van der Waals surface area contributed by atoms with Crippen molar-refractivity contribution in [1.82, 2.24) is 15.5 Å². The van der Waals surface area contributed by atoms with Gasteiger partial charge < -0.3 is 20.3 Å². The molecule has 4 rings (SSSR count). The van der Waals surface area contributed by atoms with Crippen LogP contribution in [0.1, 0.15) is 29.7 Å². The largest absolute Gasteiger partial charge is 0.496 e. The van der Waals surface area contributed by atoms with Crippen LogP contribution in [0.5, 0.6) is 5.75 Å². The summed E-state index contributed by atoms with van der Waals surface area (Å²) in [5, 5.41) is 5.55. The lowest BCUT2D eigenvalue weighted by atomic mass is 9.84. The Bertz CT molecular complexity index is 1120. The molecule has 2 aromatic carbocycles. The molecule has 4 amide bonds. The van der Waals surface area contributed by atoms with Gasteiger partial charge in [0.1, 0.15) is 5.75 Å². The molecule has 2 aliphatic rings. The molecule has 32 heavy (non-hydrogen) atoms. The molecule has 0 aliphatic carbocycles. The molecule has 166 valence electrons. The fourth-order valence-corrected chi connectivity index (χ4v) is 4.74. The second-order valence-electron chi connectivity index (χ2n) is 7.77. The van der Waals surface area contributed by atoms with Gasteiger partial charge in [0.05, 0.1) is 29.9 Å². The maximum Gasteiger partial charge on any atom is 0.341 e. The molecule has 0 aromatic heterocycles. The number of nitrogens with one attached hydrogen (secondary N) is 2. The third kappa shape index (κ3) is 4.38. The zero-order valence-corrected chi connectivity index (χ0v) is 19.3. The third-order valence-corrected chi connectivity index (χ3v) is 6.32. The molecule has 8 nitrogen and oxygen atoms in total. The van der Waals surface area contributed by atoms with Crippen LogP contribution in [0.4, 0.5) is 4.79 Å². The van der Waals surface area contributed by atoms with Crippen LogP contribution in [0.15, 0.2) is 51.9 Å². The Morgan fingerprint density at radius 1 is 1.28 bits per heavy atom. The summed E-state index contributed by atoms with van der Waals surface area (Å²) in [6.07, 6.45) is 0. The highest BCUT2D eigenvalue weighted by atomic mass is 79.9. The van der Waals surface area contributed by atoms with E-state index in [0.717, 1.165) is 21.2 Å². The molecule has 2 N–H and O–H groups in total. The lowest BCUT2D eigenvalue weighted by molar-refractivity contribution is -0.133. The van der Waals surface area contributed by atoms with Crippen molar-refractivity contribution in [3.05, 3.63) is 63.6 Å². The summed E-state index contributed by atoms with van der Waals surface area (Å²) in [6, 6.07) is 12.5. The van der Waals surface area contributed by atoms with Crippen LogP contribution in [0, 0.1) is 5.92 Å². The Morgan fingerprint density at radius 2 is 2.06 bits per heavy atom. The van der Waals surface area contributed by atoms with E-state index < -0.39 is 6.03 Å². The molecule has 2 atom stereocenters. The number of hydrogen-bond donors (Lipinski definition) is 2. The lowest BCUT2D eigenvalue weighted by Crippen LogP contribution is -2.47. The number of methoxy groups -OCH3 is 1. The van der Waals surface area contributed by atoms with Crippen LogP contribution in [0.3, 0.4) is 0 Å². The van der Waals surface area contributed by atoms with Crippen molar-refractivity contribution < 1.29 is 19.1 Å². The van der Waals surface area contributed by atoms with E-state index in [0.29, 0.717) is 24.6 Å². The fraction of sp³-hybridized carbons (Fsp3) is 0.304. The first-order valence-corrected chi connectivity index (χ1v) is 11.0. The number of ether oxygens (including phenoxy) is 1. The summed E-state index contributed by atoms with van der Waals surface area (Å²) < 4.78 is 6.10. The molecule has 0 spiro atoms. The number of halogens is 1. The Kier molecular flexibility index (Phi) is 6.27. The van der Waals surface area contributed by atoms with E-state index in [4.69, 9.17) is 4.74 Å². The van der Waals surface area contributed by atoms with Crippen molar-refractivity contribution in [3.63, 3.8) is 0 Å². The lowest BCUT2D eigenvalue weighted by Gasteiger charge is -2.34. The zero-order chi connectivity index (χ0) is 22.8. The third-order valence-electron chi connectivity index (χ3n) is 5.70. The van der Waals surface area contributed by atoms with Crippen LogP contribution in [0.2, 0.25) is 0 Å². The average molecular weight is 499 g/mol. The van der Waals surface area contributed by atoms with Gasteiger partial charge in [0, 0.05) is 31.5 Å². The highest BCUT2D eigenvalue weighted by Gasteiger charge is 2.39. The van der Waals surface area contributed by atoms with Gasteiger partial charge in [-0.15, -0.1) is 0 Å². The van der Waals surface area contributed by atoms with Crippen LogP contribution in [-0.4, -0.2) is 48.7 Å². The number of carbonyl (C=O) groups excluding carboxylic acids is 3. The highest BCUT2D eigenvalue weighted by Crippen LogP contribution is 2.36. The predicted octanol–water partition coefficient (Wildman–Crippen LogP) is 2.81. The van der Waals surface area contributed by atoms with E-state index in [9.17, 15) is 14.4 Å². The second kappa shape index (κ2) is 9.12. The Morgan fingerprint density at radius 3 is 2.78 bits per heavy atom. The maximum atomic E-state index is 12.9. The molecular formula is C23H23BrN4O4. The van der Waals surface area contributed by atoms with Crippen LogP contribution in [0.25, 0.3) is 0 Å². The zero-order valence-electron chi connectivity index (χ0n) is 17.7. The van der Waals surface area contributed by atoms with Gasteiger partial charge in [-0.25, -0.2) is 4.79 Å². The quantitative estimate of drug-likeness (QED) is 0.676. The molecule has 2 unspecified atom stereocenters. The summed E-state index contributed by atoms with van der Waals surface area (Å²) in [4.78, 5) is 42.9. The number of carbonyl (C=O) groups is 3. The van der Waals surface area contributed by atoms with Gasteiger partial charge in [0.2, 0.25) is 11.8 Å². The van der Waals surface area contributed by atoms with Crippen molar-refractivity contribution in [3.8, 4) is 5.75 Å². The molecule has 0 fully saturated rings. The van der Waals surface area contributed by atoms with Crippen LogP contribution >= 0.6 is 15.9 Å². The van der Waals surface area contributed by atoms with Crippen molar-refractivity contribution in [2.75, 3.05) is 20.2 Å². The molecule has 0 saturated carbocycles. The van der Waals surface area contributed by atoms with E-state index in [2.05, 4.69) is 31.6 Å². The summed E-state index contributed by atoms with van der Waals surface area (Å²) in [5.41, 5.74) is 3.31. The first kappa shape index (κ1) is 22.0. The highest BCUT2D eigenvalue weighted by molar-refractivity contribution is 9.10. The van der Waals surface area contributed by atoms with Gasteiger partial charge in [-0.2, -0.15) is 4.99 Å². The standard InChI is InChI=1S/C23H23BrN4O4/c1-13(29)25-10-20(30)28-11-15-5-3-4-6-16(15)22-17(12-28)21(26-23(31)27-22)14-7-8-19(32-2)18(24)9-14/h3-9,17,21H,10-12H2,1-2H3,(H,25,29)(H,26,31). The Hall–Kier alpha value is -3.20. The van der Waals surface area contributed by atoms with Crippen LogP contribution in [-0.2, 0) is 16.1 Å². The van der Waals surface area contributed by atoms with Gasteiger partial charge in [-0.05, 0) is 39.2 Å². The molecule has 0 saturated heterocycles. The van der Waals surface area contributed by atoms with E-state index in [1.807, 2.05) is 42.5 Å². The Labute approximate surface area is 194 Å². The summed E-state index contributed by atoms with van der Waals surface area (Å²) in [6.45, 7) is 2.02. The van der Waals surface area contributed by atoms with Crippen molar-refractivity contribution in [2.24, 2.45) is 10.9 Å². The molecule has 2 heterocycles. The van der Waals surface area contributed by atoms with Crippen molar-refractivity contribution in [1.29, 1.82) is 0 Å². The second-order valence-corrected chi connectivity index (χ2v) is 8.62. The van der Waals surface area contributed by atoms with E-state index in [1.54, 1.807) is 12.0 Å². The summed E-state index contributed by atoms with van der Waals surface area (Å²) in [5.74, 6) is -0.0365. The Balaban J connectivity index is 1.76. The monoisotopic (exact) mass is 498 g/mol. The molecule has 2 aliphatic heterocycles. The van der Waals surface area contributed by atoms with Crippen molar-refractivity contribution in [2.45, 2.75) is 19.5 Å². The minimum atomic E-state index is -0.416. The molecular weight excluding hydrogens is 476 g/mol. The summed E-state index contributed by atoms with van der Waals surface area (Å²) >= 11 is 3.51. The molecule has 9 heteroatoms. The number of urea groups is 1. The van der Waals surface area contributed by atoms with Gasteiger partial charge in [0.25, 0.3) is 0 Å². The van der Waals surface area contributed by atoms with Gasteiger partial charge in [-0.3, -0.25) is 9.59 Å². The van der Waals surface area contributed by atoms with Gasteiger partial charge in [0.15, 0.2) is 0 Å². The fourth-order valence-electron chi connectivity index (χ4n) is 4.18. The first-order valence-electron chi connectivity index (χ1n) is 10.2. The first-order chi connectivity index (χ1) is 15.4. The minimum absolute atomic E-state index is 0.0815. The smallest absolute Gasteiger partial charge is 0.341 e. The average Bonchev–Trinajstić information content (AvgIpc) is 2.94. The number of fused-ring (bicyclic) bond motifs is 3. The van der Waals surface area contributed by atoms with Crippen molar-refractivity contribution >= 4 is 39.5 Å². The number of hydrogen-bond acceptors (Lipinski definition) is 4. The van der Waals surface area contributed by atoms with Gasteiger partial charge in [-0.1, -0.05) is 30.3 Å². The van der Waals surface area contributed by atoms with Gasteiger partial charge >= 0.3 is 6.03 Å². The maximum absolute atomic E-state index is 12.9. The SMILES string of the molecule is COc1ccc(C2NC(=O)N=C3c4ccccc4CN(C(=O)CNC(C)=O)CC32)cc1Br.